The van der Waals surface area contributed by atoms with Crippen LogP contribution in [0.15, 0.2) is 45.5 Å². The number of carbonyl (C=O) groups excluding carboxylic acids is 1. The van der Waals surface area contributed by atoms with E-state index in [9.17, 15) is 14.3 Å². The van der Waals surface area contributed by atoms with Gasteiger partial charge in [0.15, 0.2) is 0 Å². The van der Waals surface area contributed by atoms with E-state index in [-0.39, 0.29) is 12.1 Å². The fourth-order valence-corrected chi connectivity index (χ4v) is 1.87. The van der Waals surface area contributed by atoms with Gasteiger partial charge in [-0.25, -0.2) is 4.39 Å². The third-order valence-corrected chi connectivity index (χ3v) is 3.00. The molecule has 2 rings (SSSR count). The number of rotatable bonds is 4. The Bertz CT molecular complexity index is 571. The maximum absolute atomic E-state index is 13.5. The fraction of sp³-hybridized carbons (Fsp3) is 0.154. The summed E-state index contributed by atoms with van der Waals surface area (Å²) in [4.78, 5) is 11.7. The quantitative estimate of drug-likeness (QED) is 0.907. The third kappa shape index (κ3) is 3.42. The van der Waals surface area contributed by atoms with Gasteiger partial charge in [0.1, 0.15) is 17.7 Å². The molecule has 0 saturated carbocycles. The SMILES string of the molecule is O=C(NCC(O)c1ccco1)c1ccc(Br)cc1F. The molecule has 0 aliphatic carbocycles. The minimum absolute atomic E-state index is 0.0537. The Hall–Kier alpha value is -1.66. The maximum atomic E-state index is 13.5. The molecule has 4 nitrogen and oxygen atoms in total. The third-order valence-electron chi connectivity index (χ3n) is 2.50. The Balaban J connectivity index is 1.98. The number of hydrogen-bond acceptors (Lipinski definition) is 3. The summed E-state index contributed by atoms with van der Waals surface area (Å²) >= 11 is 3.11. The van der Waals surface area contributed by atoms with Crippen LogP contribution in [-0.4, -0.2) is 17.6 Å². The summed E-state index contributed by atoms with van der Waals surface area (Å²) in [5.74, 6) is -0.869. The molecule has 0 bridgehead atoms. The van der Waals surface area contributed by atoms with Gasteiger partial charge in [0, 0.05) is 4.47 Å². The van der Waals surface area contributed by atoms with Crippen molar-refractivity contribution in [2.75, 3.05) is 6.54 Å². The van der Waals surface area contributed by atoms with Crippen molar-refractivity contribution in [3.05, 3.63) is 58.2 Å². The molecule has 6 heteroatoms. The van der Waals surface area contributed by atoms with Crippen molar-refractivity contribution in [2.24, 2.45) is 0 Å². The van der Waals surface area contributed by atoms with Crippen molar-refractivity contribution < 1.29 is 18.7 Å². The summed E-state index contributed by atoms with van der Waals surface area (Å²) in [6, 6.07) is 7.37. The van der Waals surface area contributed by atoms with Crippen molar-refractivity contribution >= 4 is 21.8 Å². The van der Waals surface area contributed by atoms with Crippen LogP contribution < -0.4 is 5.32 Å². The smallest absolute Gasteiger partial charge is 0.254 e. The Morgan fingerprint density at radius 2 is 2.26 bits per heavy atom. The van der Waals surface area contributed by atoms with Crippen LogP contribution in [0.3, 0.4) is 0 Å². The van der Waals surface area contributed by atoms with Gasteiger partial charge in [-0.2, -0.15) is 0 Å². The van der Waals surface area contributed by atoms with Gasteiger partial charge in [0.05, 0.1) is 18.4 Å². The second-order valence-corrected chi connectivity index (χ2v) is 4.78. The lowest BCUT2D eigenvalue weighted by molar-refractivity contribution is 0.0897. The minimum atomic E-state index is -0.961. The molecule has 1 unspecified atom stereocenters. The van der Waals surface area contributed by atoms with E-state index in [1.807, 2.05) is 0 Å². The van der Waals surface area contributed by atoms with Gasteiger partial charge in [-0.15, -0.1) is 0 Å². The van der Waals surface area contributed by atoms with E-state index in [1.54, 1.807) is 18.2 Å². The predicted octanol–water partition coefficient (Wildman–Crippen LogP) is 2.64. The Morgan fingerprint density at radius 1 is 1.47 bits per heavy atom. The molecule has 1 heterocycles. The molecule has 0 aliphatic rings. The second-order valence-electron chi connectivity index (χ2n) is 3.87. The second kappa shape index (κ2) is 5.99. The number of halogens is 2. The molecular weight excluding hydrogens is 317 g/mol. The minimum Gasteiger partial charge on any atom is -0.467 e. The maximum Gasteiger partial charge on any atom is 0.254 e. The van der Waals surface area contributed by atoms with E-state index in [1.165, 1.54) is 18.4 Å². The first kappa shape index (κ1) is 13.8. The van der Waals surface area contributed by atoms with Crippen LogP contribution in [0.1, 0.15) is 22.2 Å². The highest BCUT2D eigenvalue weighted by molar-refractivity contribution is 9.10. The Kier molecular flexibility index (Phi) is 4.34. The average Bonchev–Trinajstić information content (AvgIpc) is 2.89. The topological polar surface area (TPSA) is 62.5 Å². The number of aliphatic hydroxyl groups is 1. The molecule has 100 valence electrons. The van der Waals surface area contributed by atoms with E-state index in [0.717, 1.165) is 0 Å². The van der Waals surface area contributed by atoms with Gasteiger partial charge in [0.2, 0.25) is 0 Å². The highest BCUT2D eigenvalue weighted by Crippen LogP contribution is 2.16. The number of hydrogen-bond donors (Lipinski definition) is 2. The first-order chi connectivity index (χ1) is 9.08. The summed E-state index contributed by atoms with van der Waals surface area (Å²) in [7, 11) is 0. The average molecular weight is 328 g/mol. The first-order valence-electron chi connectivity index (χ1n) is 5.52. The number of carbonyl (C=O) groups is 1. The van der Waals surface area contributed by atoms with Gasteiger partial charge < -0.3 is 14.8 Å². The number of benzene rings is 1. The number of aliphatic hydroxyl groups excluding tert-OH is 1. The largest absolute Gasteiger partial charge is 0.467 e. The van der Waals surface area contributed by atoms with Crippen LogP contribution in [0.5, 0.6) is 0 Å². The van der Waals surface area contributed by atoms with Crippen molar-refractivity contribution in [1.82, 2.24) is 5.32 Å². The molecule has 0 aliphatic heterocycles. The molecule has 19 heavy (non-hydrogen) atoms. The molecule has 0 radical (unpaired) electrons. The summed E-state index contributed by atoms with van der Waals surface area (Å²) in [6.45, 7) is -0.0537. The first-order valence-corrected chi connectivity index (χ1v) is 6.32. The molecule has 2 N–H and O–H groups in total. The van der Waals surface area contributed by atoms with E-state index >= 15 is 0 Å². The molecule has 1 aromatic heterocycles. The fourth-order valence-electron chi connectivity index (χ4n) is 1.54. The molecule has 0 saturated heterocycles. The van der Waals surface area contributed by atoms with Crippen LogP contribution in [0.25, 0.3) is 0 Å². The van der Waals surface area contributed by atoms with E-state index in [4.69, 9.17) is 4.42 Å². The van der Waals surface area contributed by atoms with E-state index in [0.29, 0.717) is 10.2 Å². The standard InChI is InChI=1S/C13H11BrFNO3/c14-8-3-4-9(10(15)6-8)13(18)16-7-11(17)12-2-1-5-19-12/h1-6,11,17H,7H2,(H,16,18). The summed E-state index contributed by atoms with van der Waals surface area (Å²) in [5, 5.41) is 12.2. The van der Waals surface area contributed by atoms with E-state index < -0.39 is 17.8 Å². The molecule has 1 amide bonds. The normalized spacial score (nSPS) is 12.2. The molecule has 0 spiro atoms. The zero-order valence-electron chi connectivity index (χ0n) is 9.77. The summed E-state index contributed by atoms with van der Waals surface area (Å²) in [5.41, 5.74) is -0.0742. The lowest BCUT2D eigenvalue weighted by Crippen LogP contribution is -2.28. The van der Waals surface area contributed by atoms with Crippen molar-refractivity contribution in [3.63, 3.8) is 0 Å². The highest BCUT2D eigenvalue weighted by atomic mass is 79.9. The monoisotopic (exact) mass is 327 g/mol. The van der Waals surface area contributed by atoms with Crippen molar-refractivity contribution in [2.45, 2.75) is 6.10 Å². The van der Waals surface area contributed by atoms with Gasteiger partial charge in [0.25, 0.3) is 5.91 Å². The van der Waals surface area contributed by atoms with Crippen molar-refractivity contribution in [3.8, 4) is 0 Å². The number of amides is 1. The lowest BCUT2D eigenvalue weighted by Gasteiger charge is -2.10. The molecule has 0 fully saturated rings. The zero-order chi connectivity index (χ0) is 13.8. The number of furan rings is 1. The number of nitrogens with one attached hydrogen (secondary N) is 1. The molecular formula is C13H11BrFNO3. The zero-order valence-corrected chi connectivity index (χ0v) is 11.4. The lowest BCUT2D eigenvalue weighted by atomic mass is 10.2. The van der Waals surface area contributed by atoms with Crippen LogP contribution in [0.4, 0.5) is 4.39 Å². The molecule has 1 aromatic carbocycles. The molecule has 2 aromatic rings. The van der Waals surface area contributed by atoms with Crippen LogP contribution >= 0.6 is 15.9 Å². The predicted molar refractivity (Wildman–Crippen MR) is 70.1 cm³/mol. The summed E-state index contributed by atoms with van der Waals surface area (Å²) in [6.07, 6.45) is 0.465. The van der Waals surface area contributed by atoms with Gasteiger partial charge >= 0.3 is 0 Å². The molecule has 1 atom stereocenters. The van der Waals surface area contributed by atoms with Gasteiger partial charge in [-0.3, -0.25) is 4.79 Å². The van der Waals surface area contributed by atoms with Crippen LogP contribution in [0, 0.1) is 5.82 Å². The highest BCUT2D eigenvalue weighted by Gasteiger charge is 2.15. The van der Waals surface area contributed by atoms with Crippen LogP contribution in [0.2, 0.25) is 0 Å². The van der Waals surface area contributed by atoms with Gasteiger partial charge in [-0.1, -0.05) is 15.9 Å². The Morgan fingerprint density at radius 3 is 2.89 bits per heavy atom. The van der Waals surface area contributed by atoms with Crippen molar-refractivity contribution in [1.29, 1.82) is 0 Å². The van der Waals surface area contributed by atoms with E-state index in [2.05, 4.69) is 21.2 Å². The van der Waals surface area contributed by atoms with Crippen LogP contribution in [-0.2, 0) is 0 Å². The Labute approximate surface area is 117 Å². The summed E-state index contributed by atoms with van der Waals surface area (Å²) < 4.78 is 19.1. The van der Waals surface area contributed by atoms with Gasteiger partial charge in [-0.05, 0) is 30.3 Å².